The van der Waals surface area contributed by atoms with Crippen molar-refractivity contribution in [3.8, 4) is 0 Å². The maximum atomic E-state index is 13.3. The van der Waals surface area contributed by atoms with E-state index in [9.17, 15) is 19.0 Å². The SMILES string of the molecule is OC1CCN([C@@H]2CCN(Cc3ccc(F)c(F)c3)C[C@H]2O)CC1. The highest BCUT2D eigenvalue weighted by Crippen LogP contribution is 2.23. The van der Waals surface area contributed by atoms with Gasteiger partial charge in [-0.15, -0.1) is 0 Å². The van der Waals surface area contributed by atoms with Crippen LogP contribution in [0, 0.1) is 11.6 Å². The van der Waals surface area contributed by atoms with Crippen molar-refractivity contribution in [2.45, 2.75) is 44.1 Å². The number of likely N-dealkylation sites (tertiary alicyclic amines) is 2. The third kappa shape index (κ3) is 4.07. The lowest BCUT2D eigenvalue weighted by Crippen LogP contribution is -2.55. The second kappa shape index (κ2) is 7.21. The van der Waals surface area contributed by atoms with Crippen LogP contribution in [0.25, 0.3) is 0 Å². The van der Waals surface area contributed by atoms with Crippen molar-refractivity contribution in [3.63, 3.8) is 0 Å². The summed E-state index contributed by atoms with van der Waals surface area (Å²) in [5, 5.41) is 20.0. The Kier molecular flexibility index (Phi) is 5.26. The number of nitrogens with zero attached hydrogens (tertiary/aromatic N) is 2. The highest BCUT2D eigenvalue weighted by Gasteiger charge is 2.33. The highest BCUT2D eigenvalue weighted by molar-refractivity contribution is 5.17. The molecule has 0 saturated carbocycles. The van der Waals surface area contributed by atoms with Crippen LogP contribution in [-0.4, -0.2) is 64.4 Å². The summed E-state index contributed by atoms with van der Waals surface area (Å²) in [7, 11) is 0. The lowest BCUT2D eigenvalue weighted by atomic mass is 9.96. The highest BCUT2D eigenvalue weighted by atomic mass is 19.2. The molecule has 3 rings (SSSR count). The molecule has 2 aliphatic heterocycles. The van der Waals surface area contributed by atoms with Gasteiger partial charge in [0.05, 0.1) is 12.2 Å². The zero-order chi connectivity index (χ0) is 16.4. The van der Waals surface area contributed by atoms with Crippen molar-refractivity contribution in [1.82, 2.24) is 9.80 Å². The number of rotatable bonds is 3. The van der Waals surface area contributed by atoms with Crippen LogP contribution >= 0.6 is 0 Å². The first-order valence-electron chi connectivity index (χ1n) is 8.29. The molecular formula is C17H24F2N2O2. The van der Waals surface area contributed by atoms with Gasteiger partial charge in [-0.25, -0.2) is 8.78 Å². The Balaban J connectivity index is 1.54. The van der Waals surface area contributed by atoms with Crippen molar-refractivity contribution in [2.75, 3.05) is 26.2 Å². The van der Waals surface area contributed by atoms with Gasteiger partial charge in [-0.3, -0.25) is 9.80 Å². The molecule has 0 spiro atoms. The van der Waals surface area contributed by atoms with E-state index in [-0.39, 0.29) is 12.1 Å². The standard InChI is InChI=1S/C17H24F2N2O2/c18-14-2-1-12(9-15(14)19)10-20-6-5-16(17(23)11-20)21-7-3-13(22)4-8-21/h1-2,9,13,16-17,22-23H,3-8,10-11H2/t16-,17-/m1/s1. The van der Waals surface area contributed by atoms with Crippen LogP contribution in [-0.2, 0) is 6.54 Å². The molecule has 0 radical (unpaired) electrons. The molecule has 2 N–H and O–H groups in total. The Morgan fingerprint density at radius 3 is 2.39 bits per heavy atom. The van der Waals surface area contributed by atoms with Gasteiger partial charge in [-0.05, 0) is 37.0 Å². The predicted molar refractivity (Wildman–Crippen MR) is 82.9 cm³/mol. The molecule has 0 aliphatic carbocycles. The summed E-state index contributed by atoms with van der Waals surface area (Å²) in [5.74, 6) is -1.66. The van der Waals surface area contributed by atoms with E-state index in [1.807, 2.05) is 0 Å². The van der Waals surface area contributed by atoms with E-state index in [2.05, 4.69) is 9.80 Å². The quantitative estimate of drug-likeness (QED) is 0.880. The molecule has 0 bridgehead atoms. The first kappa shape index (κ1) is 16.8. The van der Waals surface area contributed by atoms with Crippen LogP contribution in [0.1, 0.15) is 24.8 Å². The number of hydrogen-bond donors (Lipinski definition) is 2. The van der Waals surface area contributed by atoms with Crippen LogP contribution in [0.4, 0.5) is 8.78 Å². The molecule has 0 unspecified atom stereocenters. The third-order valence-corrected chi connectivity index (χ3v) is 4.99. The zero-order valence-corrected chi connectivity index (χ0v) is 13.2. The summed E-state index contributed by atoms with van der Waals surface area (Å²) in [6, 6.07) is 4.08. The van der Waals surface area contributed by atoms with Gasteiger partial charge in [-0.1, -0.05) is 6.07 Å². The minimum absolute atomic E-state index is 0.128. The van der Waals surface area contributed by atoms with E-state index < -0.39 is 17.7 Å². The average Bonchev–Trinajstić information content (AvgIpc) is 2.52. The van der Waals surface area contributed by atoms with E-state index in [1.54, 1.807) is 6.07 Å². The number of β-amino-alcohol motifs (C(OH)–C–C–N with tert-alkyl or cyclic N) is 1. The summed E-state index contributed by atoms with van der Waals surface area (Å²) < 4.78 is 26.2. The lowest BCUT2D eigenvalue weighted by molar-refractivity contribution is -0.0355. The topological polar surface area (TPSA) is 46.9 Å². The Morgan fingerprint density at radius 1 is 1.00 bits per heavy atom. The number of benzene rings is 1. The second-order valence-corrected chi connectivity index (χ2v) is 6.67. The molecule has 2 heterocycles. The minimum atomic E-state index is -0.834. The Morgan fingerprint density at radius 2 is 1.74 bits per heavy atom. The lowest BCUT2D eigenvalue weighted by Gasteiger charge is -2.43. The first-order valence-corrected chi connectivity index (χ1v) is 8.29. The maximum Gasteiger partial charge on any atom is 0.159 e. The van der Waals surface area contributed by atoms with Crippen LogP contribution in [0.5, 0.6) is 0 Å². The van der Waals surface area contributed by atoms with Crippen molar-refractivity contribution >= 4 is 0 Å². The number of halogens is 2. The molecule has 6 heteroatoms. The predicted octanol–water partition coefficient (Wildman–Crippen LogP) is 1.36. The molecule has 128 valence electrons. The molecule has 23 heavy (non-hydrogen) atoms. The van der Waals surface area contributed by atoms with Gasteiger partial charge in [0.1, 0.15) is 0 Å². The van der Waals surface area contributed by atoms with Gasteiger partial charge in [-0.2, -0.15) is 0 Å². The number of piperidine rings is 2. The number of aliphatic hydroxyl groups excluding tert-OH is 2. The number of aliphatic hydroxyl groups is 2. The van der Waals surface area contributed by atoms with Crippen LogP contribution in [0.2, 0.25) is 0 Å². The van der Waals surface area contributed by atoms with E-state index in [0.29, 0.717) is 13.1 Å². The van der Waals surface area contributed by atoms with Crippen molar-refractivity contribution in [3.05, 3.63) is 35.4 Å². The Bertz CT molecular complexity index is 535. The van der Waals surface area contributed by atoms with E-state index >= 15 is 0 Å². The van der Waals surface area contributed by atoms with Gasteiger partial charge in [0.2, 0.25) is 0 Å². The van der Waals surface area contributed by atoms with E-state index in [0.717, 1.165) is 50.5 Å². The van der Waals surface area contributed by atoms with Crippen molar-refractivity contribution in [2.24, 2.45) is 0 Å². The van der Waals surface area contributed by atoms with Crippen molar-refractivity contribution < 1.29 is 19.0 Å². The van der Waals surface area contributed by atoms with Gasteiger partial charge < -0.3 is 10.2 Å². The Labute approximate surface area is 135 Å². The molecule has 2 fully saturated rings. The summed E-state index contributed by atoms with van der Waals surface area (Å²) in [6.45, 7) is 3.51. The fraction of sp³-hybridized carbons (Fsp3) is 0.647. The summed E-state index contributed by atoms with van der Waals surface area (Å²) in [4.78, 5) is 4.35. The normalized spacial score (nSPS) is 28.2. The zero-order valence-electron chi connectivity index (χ0n) is 13.2. The van der Waals surface area contributed by atoms with Crippen LogP contribution < -0.4 is 0 Å². The Hall–Kier alpha value is -1.08. The average molecular weight is 326 g/mol. The van der Waals surface area contributed by atoms with Gasteiger partial charge in [0, 0.05) is 38.8 Å². The van der Waals surface area contributed by atoms with E-state index in [4.69, 9.17) is 0 Å². The summed E-state index contributed by atoms with van der Waals surface area (Å²) in [6.07, 6.45) is 1.71. The monoisotopic (exact) mass is 326 g/mol. The van der Waals surface area contributed by atoms with Crippen molar-refractivity contribution in [1.29, 1.82) is 0 Å². The third-order valence-electron chi connectivity index (χ3n) is 4.99. The molecule has 0 amide bonds. The molecular weight excluding hydrogens is 302 g/mol. The summed E-state index contributed by atoms with van der Waals surface area (Å²) in [5.41, 5.74) is 0.718. The first-order chi connectivity index (χ1) is 11.0. The van der Waals surface area contributed by atoms with Gasteiger partial charge in [0.25, 0.3) is 0 Å². The fourth-order valence-corrected chi connectivity index (χ4v) is 3.67. The molecule has 1 aromatic rings. The number of hydrogen-bond acceptors (Lipinski definition) is 4. The minimum Gasteiger partial charge on any atom is -0.393 e. The molecule has 2 aliphatic rings. The molecule has 0 aromatic heterocycles. The second-order valence-electron chi connectivity index (χ2n) is 6.67. The smallest absolute Gasteiger partial charge is 0.159 e. The van der Waals surface area contributed by atoms with E-state index in [1.165, 1.54) is 6.07 Å². The molecule has 1 aromatic carbocycles. The largest absolute Gasteiger partial charge is 0.393 e. The summed E-state index contributed by atoms with van der Waals surface area (Å²) >= 11 is 0. The maximum absolute atomic E-state index is 13.3. The van der Waals surface area contributed by atoms with Crippen LogP contribution in [0.15, 0.2) is 18.2 Å². The molecule has 2 atom stereocenters. The fourth-order valence-electron chi connectivity index (χ4n) is 3.67. The van der Waals surface area contributed by atoms with Crippen LogP contribution in [0.3, 0.4) is 0 Å². The molecule has 2 saturated heterocycles. The molecule has 4 nitrogen and oxygen atoms in total. The van der Waals surface area contributed by atoms with Gasteiger partial charge >= 0.3 is 0 Å². The van der Waals surface area contributed by atoms with Gasteiger partial charge in [0.15, 0.2) is 11.6 Å².